The van der Waals surface area contributed by atoms with Gasteiger partial charge >= 0.3 is 0 Å². The number of hydrogen-bond acceptors (Lipinski definition) is 3. The summed E-state index contributed by atoms with van der Waals surface area (Å²) in [4.78, 5) is 7.05. The molecule has 0 saturated heterocycles. The third-order valence-electron chi connectivity index (χ3n) is 4.02. The molecule has 0 aliphatic heterocycles. The summed E-state index contributed by atoms with van der Waals surface area (Å²) in [6.07, 6.45) is 5.38. The van der Waals surface area contributed by atoms with E-state index in [0.717, 1.165) is 24.1 Å². The van der Waals surface area contributed by atoms with E-state index in [9.17, 15) is 0 Å². The molecule has 2 atom stereocenters. The van der Waals surface area contributed by atoms with E-state index in [0.29, 0.717) is 6.04 Å². The monoisotopic (exact) mass is 247 g/mol. The molecule has 0 amide bonds. The predicted octanol–water partition coefficient (Wildman–Crippen LogP) is 3.53. The number of aromatic nitrogens is 1. The summed E-state index contributed by atoms with van der Waals surface area (Å²) < 4.78 is 0. The number of rotatable bonds is 4. The van der Waals surface area contributed by atoms with E-state index in [-0.39, 0.29) is 0 Å². The Hall–Kier alpha value is -1.25. The fraction of sp³-hybridized carbons (Fsp3) is 0.667. The van der Waals surface area contributed by atoms with Crippen molar-refractivity contribution in [2.24, 2.45) is 5.92 Å². The molecule has 0 radical (unpaired) electrons. The summed E-state index contributed by atoms with van der Waals surface area (Å²) in [5, 5.41) is 3.28. The number of hydrogen-bond donors (Lipinski definition) is 1. The largest absolute Gasteiger partial charge is 0.370 e. The Bertz CT molecular complexity index is 378. The van der Waals surface area contributed by atoms with Crippen molar-refractivity contribution < 1.29 is 0 Å². The lowest BCUT2D eigenvalue weighted by atomic mass is 9.85. The van der Waals surface area contributed by atoms with Crippen molar-refractivity contribution in [2.45, 2.75) is 45.6 Å². The zero-order valence-corrected chi connectivity index (χ0v) is 11.8. The standard InChI is InChI=1S/C15H25N3/c1-4-16-14-10-7-11-15(17-14)18(3)13-9-6-5-8-12(13)2/h7,10-13H,4-6,8-9H2,1-3H3,(H,16,17). The molecule has 18 heavy (non-hydrogen) atoms. The zero-order chi connectivity index (χ0) is 13.0. The summed E-state index contributed by atoms with van der Waals surface area (Å²) in [6, 6.07) is 6.88. The summed E-state index contributed by atoms with van der Waals surface area (Å²) >= 11 is 0. The van der Waals surface area contributed by atoms with Gasteiger partial charge in [0.2, 0.25) is 0 Å². The first-order chi connectivity index (χ1) is 8.72. The van der Waals surface area contributed by atoms with E-state index >= 15 is 0 Å². The third kappa shape index (κ3) is 2.95. The quantitative estimate of drug-likeness (QED) is 0.882. The molecule has 3 nitrogen and oxygen atoms in total. The molecule has 100 valence electrons. The predicted molar refractivity (Wildman–Crippen MR) is 78.2 cm³/mol. The molecular formula is C15H25N3. The maximum absolute atomic E-state index is 4.69. The Morgan fingerprint density at radius 2 is 2.11 bits per heavy atom. The van der Waals surface area contributed by atoms with Crippen LogP contribution in [0.1, 0.15) is 39.5 Å². The van der Waals surface area contributed by atoms with Crippen molar-refractivity contribution in [3.8, 4) is 0 Å². The molecule has 3 heteroatoms. The van der Waals surface area contributed by atoms with E-state index in [4.69, 9.17) is 0 Å². The topological polar surface area (TPSA) is 28.2 Å². The average molecular weight is 247 g/mol. The normalized spacial score (nSPS) is 23.7. The minimum Gasteiger partial charge on any atom is -0.370 e. The molecule has 2 unspecified atom stereocenters. The van der Waals surface area contributed by atoms with Gasteiger partial charge < -0.3 is 10.2 Å². The van der Waals surface area contributed by atoms with Crippen LogP contribution in [0.4, 0.5) is 11.6 Å². The van der Waals surface area contributed by atoms with Crippen LogP contribution in [0, 0.1) is 5.92 Å². The third-order valence-corrected chi connectivity index (χ3v) is 4.02. The maximum atomic E-state index is 4.69. The molecule has 1 aromatic heterocycles. The second-order valence-corrected chi connectivity index (χ2v) is 5.35. The number of nitrogens with zero attached hydrogens (tertiary/aromatic N) is 2. The highest BCUT2D eigenvalue weighted by molar-refractivity contribution is 5.47. The van der Waals surface area contributed by atoms with Crippen molar-refractivity contribution in [2.75, 3.05) is 23.8 Å². The number of nitrogens with one attached hydrogen (secondary N) is 1. The van der Waals surface area contributed by atoms with Crippen LogP contribution >= 0.6 is 0 Å². The average Bonchev–Trinajstić information content (AvgIpc) is 2.39. The molecule has 1 saturated carbocycles. The first kappa shape index (κ1) is 13.2. The van der Waals surface area contributed by atoms with Gasteiger partial charge in [-0.2, -0.15) is 0 Å². The molecule has 0 aromatic carbocycles. The molecule has 0 bridgehead atoms. The van der Waals surface area contributed by atoms with Crippen molar-refractivity contribution in [1.29, 1.82) is 0 Å². The fourth-order valence-electron chi connectivity index (χ4n) is 2.94. The fourth-order valence-corrected chi connectivity index (χ4v) is 2.94. The van der Waals surface area contributed by atoms with E-state index in [2.05, 4.69) is 48.2 Å². The Balaban J connectivity index is 2.11. The van der Waals surface area contributed by atoms with Crippen LogP contribution in [0.3, 0.4) is 0 Å². The number of anilines is 2. The second-order valence-electron chi connectivity index (χ2n) is 5.35. The Morgan fingerprint density at radius 1 is 1.33 bits per heavy atom. The Kier molecular flexibility index (Phi) is 4.45. The molecule has 1 heterocycles. The van der Waals surface area contributed by atoms with Crippen LogP contribution in [-0.2, 0) is 0 Å². The highest BCUT2D eigenvalue weighted by atomic mass is 15.2. The molecule has 1 aliphatic carbocycles. The SMILES string of the molecule is CCNc1cccc(N(C)C2CCCCC2C)n1. The molecule has 0 spiro atoms. The lowest BCUT2D eigenvalue weighted by molar-refractivity contribution is 0.320. The van der Waals surface area contributed by atoms with Gasteiger partial charge in [0.15, 0.2) is 0 Å². The van der Waals surface area contributed by atoms with Crippen LogP contribution in [0.5, 0.6) is 0 Å². The number of pyridine rings is 1. The van der Waals surface area contributed by atoms with E-state index < -0.39 is 0 Å². The van der Waals surface area contributed by atoms with Gasteiger partial charge in [0.1, 0.15) is 11.6 Å². The van der Waals surface area contributed by atoms with Crippen LogP contribution in [0.25, 0.3) is 0 Å². The van der Waals surface area contributed by atoms with E-state index in [1.54, 1.807) is 0 Å². The highest BCUT2D eigenvalue weighted by Crippen LogP contribution is 2.29. The van der Waals surface area contributed by atoms with Crippen molar-refractivity contribution in [3.63, 3.8) is 0 Å². The van der Waals surface area contributed by atoms with Gasteiger partial charge in [0.25, 0.3) is 0 Å². The summed E-state index contributed by atoms with van der Waals surface area (Å²) in [7, 11) is 2.19. The van der Waals surface area contributed by atoms with E-state index in [1.807, 2.05) is 6.07 Å². The molecular weight excluding hydrogens is 222 g/mol. The molecule has 1 N–H and O–H groups in total. The van der Waals surface area contributed by atoms with Crippen molar-refractivity contribution in [3.05, 3.63) is 18.2 Å². The van der Waals surface area contributed by atoms with Crippen molar-refractivity contribution in [1.82, 2.24) is 4.98 Å². The lowest BCUT2D eigenvalue weighted by Gasteiger charge is -2.37. The maximum Gasteiger partial charge on any atom is 0.130 e. The summed E-state index contributed by atoms with van der Waals surface area (Å²) in [5.41, 5.74) is 0. The molecule has 1 fully saturated rings. The van der Waals surface area contributed by atoms with Gasteiger partial charge in [-0.25, -0.2) is 4.98 Å². The van der Waals surface area contributed by atoms with Crippen LogP contribution < -0.4 is 10.2 Å². The van der Waals surface area contributed by atoms with Gasteiger partial charge in [-0.1, -0.05) is 25.8 Å². The van der Waals surface area contributed by atoms with Crippen LogP contribution in [0.15, 0.2) is 18.2 Å². The van der Waals surface area contributed by atoms with Gasteiger partial charge in [0, 0.05) is 19.6 Å². The highest BCUT2D eigenvalue weighted by Gasteiger charge is 2.25. The molecule has 1 aliphatic rings. The van der Waals surface area contributed by atoms with Crippen LogP contribution in [0.2, 0.25) is 0 Å². The lowest BCUT2D eigenvalue weighted by Crippen LogP contribution is -2.39. The molecule has 2 rings (SSSR count). The second kappa shape index (κ2) is 6.07. The molecule has 1 aromatic rings. The Morgan fingerprint density at radius 3 is 2.83 bits per heavy atom. The van der Waals surface area contributed by atoms with Crippen molar-refractivity contribution >= 4 is 11.6 Å². The first-order valence-corrected chi connectivity index (χ1v) is 7.16. The van der Waals surface area contributed by atoms with Gasteiger partial charge in [-0.15, -0.1) is 0 Å². The zero-order valence-electron chi connectivity index (χ0n) is 11.8. The van der Waals surface area contributed by atoms with E-state index in [1.165, 1.54) is 25.7 Å². The summed E-state index contributed by atoms with van der Waals surface area (Å²) in [5.74, 6) is 2.84. The smallest absolute Gasteiger partial charge is 0.130 e. The first-order valence-electron chi connectivity index (χ1n) is 7.16. The van der Waals surface area contributed by atoms with Crippen LogP contribution in [-0.4, -0.2) is 24.6 Å². The van der Waals surface area contributed by atoms with Gasteiger partial charge in [-0.3, -0.25) is 0 Å². The summed E-state index contributed by atoms with van der Waals surface area (Å²) in [6.45, 7) is 5.38. The minimum absolute atomic E-state index is 0.642. The Labute approximate surface area is 111 Å². The minimum atomic E-state index is 0.642. The van der Waals surface area contributed by atoms with Gasteiger partial charge in [0.05, 0.1) is 0 Å². The van der Waals surface area contributed by atoms with Gasteiger partial charge in [-0.05, 0) is 37.8 Å².